The third-order valence-electron chi connectivity index (χ3n) is 2.87. The van der Waals surface area contributed by atoms with Gasteiger partial charge in [0.15, 0.2) is 6.35 Å². The first-order valence-electron chi connectivity index (χ1n) is 7.00. The first kappa shape index (κ1) is 19.3. The summed E-state index contributed by atoms with van der Waals surface area (Å²) >= 11 is 0. The highest BCUT2D eigenvalue weighted by molar-refractivity contribution is 7.87. The highest BCUT2D eigenvalue weighted by Gasteiger charge is 2.29. The Bertz CT molecular complexity index is 635. The molecule has 0 atom stereocenters. The largest absolute Gasteiger partial charge is 0.357 e. The number of hydrogen-bond donors (Lipinski definition) is 0. The van der Waals surface area contributed by atoms with E-state index in [1.165, 1.54) is 0 Å². The molecule has 0 saturated heterocycles. The number of benzene rings is 1. The Morgan fingerprint density at radius 1 is 1.00 bits per heavy atom. The normalized spacial score (nSPS) is 12.6. The summed E-state index contributed by atoms with van der Waals surface area (Å²) in [6, 6.07) is 3.52. The zero-order valence-electron chi connectivity index (χ0n) is 13.6. The van der Waals surface area contributed by atoms with Crippen LogP contribution in [0.3, 0.4) is 0 Å². The van der Waals surface area contributed by atoms with Crippen LogP contribution in [0.2, 0.25) is 0 Å². The lowest BCUT2D eigenvalue weighted by Crippen LogP contribution is -2.13. The third kappa shape index (κ3) is 4.89. The van der Waals surface area contributed by atoms with Crippen LogP contribution in [0.1, 0.15) is 30.5 Å². The molecule has 0 heterocycles. The van der Waals surface area contributed by atoms with E-state index < -0.39 is 24.1 Å². The van der Waals surface area contributed by atoms with E-state index in [1.54, 1.807) is 39.8 Å². The van der Waals surface area contributed by atoms with Gasteiger partial charge in [0, 0.05) is 0 Å². The van der Waals surface area contributed by atoms with Gasteiger partial charge in [0.05, 0.1) is 18.1 Å². The van der Waals surface area contributed by atoms with Crippen LogP contribution in [0.5, 0.6) is 0 Å². The first-order valence-corrected chi connectivity index (χ1v) is 10.1. The van der Waals surface area contributed by atoms with Crippen LogP contribution in [-0.4, -0.2) is 28.0 Å². The summed E-state index contributed by atoms with van der Waals surface area (Å²) in [5.74, 6) is 0. The molecule has 0 unspecified atom stereocenters. The molecule has 8 heteroatoms. The van der Waals surface area contributed by atoms with Crippen molar-refractivity contribution in [1.29, 1.82) is 0 Å². The highest BCUT2D eigenvalue weighted by Crippen LogP contribution is 2.48. The molecule has 0 aliphatic heterocycles. The molecule has 0 saturated carbocycles. The predicted octanol–water partition coefficient (Wildman–Crippen LogP) is 3.54. The van der Waals surface area contributed by atoms with E-state index in [2.05, 4.69) is 0 Å². The molecule has 1 aromatic rings. The Kier molecular flexibility index (Phi) is 6.77. The van der Waals surface area contributed by atoms with Crippen LogP contribution in [0, 0.1) is 20.8 Å². The Hall–Kier alpha value is -0.720. The van der Waals surface area contributed by atoms with Gasteiger partial charge in [-0.2, -0.15) is 8.42 Å². The molecule has 0 aliphatic rings. The maximum Gasteiger partial charge on any atom is 0.357 e. The van der Waals surface area contributed by atoms with Crippen molar-refractivity contribution in [2.45, 2.75) is 39.5 Å². The standard InChI is InChI=1S/C14H23O6PS/c1-6-18-21(15,19-7-2)10-20-22(16,17)14-12(4)8-11(3)9-13(14)5/h8-9H,6-7,10H2,1-5H3. The molecule has 0 spiro atoms. The summed E-state index contributed by atoms with van der Waals surface area (Å²) in [6.45, 7) is 8.85. The smallest absolute Gasteiger partial charge is 0.307 e. The van der Waals surface area contributed by atoms with E-state index in [9.17, 15) is 13.0 Å². The monoisotopic (exact) mass is 350 g/mol. The highest BCUT2D eigenvalue weighted by atomic mass is 32.2. The molecular formula is C14H23O6PS. The van der Waals surface area contributed by atoms with Crippen molar-refractivity contribution < 1.29 is 26.2 Å². The van der Waals surface area contributed by atoms with Crippen LogP contribution in [-0.2, 0) is 27.9 Å². The maximum atomic E-state index is 12.4. The average Bonchev–Trinajstić information content (AvgIpc) is 2.35. The SMILES string of the molecule is CCOP(=O)(COS(=O)(=O)c1c(C)cc(C)cc1C)OCC. The van der Waals surface area contributed by atoms with Crippen LogP contribution >= 0.6 is 7.60 Å². The molecule has 0 aliphatic carbocycles. The summed E-state index contributed by atoms with van der Waals surface area (Å²) < 4.78 is 52.0. The van der Waals surface area contributed by atoms with Crippen molar-refractivity contribution in [2.75, 3.05) is 19.6 Å². The molecule has 0 bridgehead atoms. The predicted molar refractivity (Wildman–Crippen MR) is 84.6 cm³/mol. The molecule has 1 rings (SSSR count). The van der Waals surface area contributed by atoms with Crippen LogP contribution < -0.4 is 0 Å². The topological polar surface area (TPSA) is 78.9 Å². The molecule has 126 valence electrons. The van der Waals surface area contributed by atoms with Gasteiger partial charge < -0.3 is 9.05 Å². The second-order valence-corrected chi connectivity index (χ2v) is 8.42. The van der Waals surface area contributed by atoms with Crippen LogP contribution in [0.4, 0.5) is 0 Å². The van der Waals surface area contributed by atoms with E-state index in [0.29, 0.717) is 11.1 Å². The lowest BCUT2D eigenvalue weighted by atomic mass is 10.1. The third-order valence-corrected chi connectivity index (χ3v) is 6.37. The van der Waals surface area contributed by atoms with E-state index in [0.717, 1.165) is 5.56 Å². The van der Waals surface area contributed by atoms with Gasteiger partial charge in [0.25, 0.3) is 10.1 Å². The molecule has 0 fully saturated rings. The van der Waals surface area contributed by atoms with Gasteiger partial charge in [-0.15, -0.1) is 0 Å². The van der Waals surface area contributed by atoms with Crippen LogP contribution in [0.25, 0.3) is 0 Å². The Labute approximate surface area is 132 Å². The Morgan fingerprint density at radius 2 is 1.45 bits per heavy atom. The van der Waals surface area contributed by atoms with Gasteiger partial charge in [-0.05, 0) is 45.7 Å². The number of hydrogen-bond acceptors (Lipinski definition) is 6. The zero-order chi connectivity index (χ0) is 17.0. The fourth-order valence-electron chi connectivity index (χ4n) is 2.26. The van der Waals surface area contributed by atoms with Crippen molar-refractivity contribution in [1.82, 2.24) is 0 Å². The number of rotatable bonds is 8. The molecule has 6 nitrogen and oxygen atoms in total. The van der Waals surface area contributed by atoms with E-state index in [1.807, 2.05) is 6.92 Å². The van der Waals surface area contributed by atoms with Crippen LogP contribution in [0.15, 0.2) is 17.0 Å². The summed E-state index contributed by atoms with van der Waals surface area (Å²) in [7, 11) is -7.62. The number of aryl methyl sites for hydroxylation is 3. The fourth-order valence-corrected chi connectivity index (χ4v) is 5.37. The maximum absolute atomic E-state index is 12.4. The summed E-state index contributed by atoms with van der Waals surface area (Å²) in [5.41, 5.74) is 2.13. The molecular weight excluding hydrogens is 327 g/mol. The molecule has 22 heavy (non-hydrogen) atoms. The molecule has 0 aromatic heterocycles. The van der Waals surface area contributed by atoms with Crippen molar-refractivity contribution in [3.8, 4) is 0 Å². The first-order chi connectivity index (χ1) is 10.1. The summed E-state index contributed by atoms with van der Waals surface area (Å²) in [6.07, 6.45) is -0.635. The van der Waals surface area contributed by atoms with Gasteiger partial charge in [-0.1, -0.05) is 17.7 Å². The van der Waals surface area contributed by atoms with Crippen molar-refractivity contribution in [3.05, 3.63) is 28.8 Å². The lowest BCUT2D eigenvalue weighted by molar-refractivity contribution is 0.198. The Balaban J connectivity index is 3.04. The minimum Gasteiger partial charge on any atom is -0.307 e. The summed E-state index contributed by atoms with van der Waals surface area (Å²) in [5, 5.41) is 0. The van der Waals surface area contributed by atoms with Gasteiger partial charge in [-0.3, -0.25) is 8.75 Å². The van der Waals surface area contributed by atoms with E-state index >= 15 is 0 Å². The lowest BCUT2D eigenvalue weighted by Gasteiger charge is -2.18. The van der Waals surface area contributed by atoms with Crippen molar-refractivity contribution in [2.24, 2.45) is 0 Å². The molecule has 1 aromatic carbocycles. The van der Waals surface area contributed by atoms with E-state index in [-0.39, 0.29) is 18.1 Å². The quantitative estimate of drug-likeness (QED) is 0.527. The second kappa shape index (κ2) is 7.70. The fraction of sp³-hybridized carbons (Fsp3) is 0.571. The van der Waals surface area contributed by atoms with Gasteiger partial charge in [0.1, 0.15) is 0 Å². The summed E-state index contributed by atoms with van der Waals surface area (Å²) in [4.78, 5) is 0.0950. The molecule has 0 amide bonds. The average molecular weight is 350 g/mol. The molecule has 0 radical (unpaired) electrons. The zero-order valence-corrected chi connectivity index (χ0v) is 15.3. The Morgan fingerprint density at radius 3 is 1.86 bits per heavy atom. The second-order valence-electron chi connectivity index (χ2n) is 4.88. The minimum atomic E-state index is -4.04. The minimum absolute atomic E-state index is 0.0950. The molecule has 0 N–H and O–H groups in total. The van der Waals surface area contributed by atoms with Gasteiger partial charge in [-0.25, -0.2) is 0 Å². The van der Waals surface area contributed by atoms with Crippen molar-refractivity contribution >= 4 is 17.7 Å². The van der Waals surface area contributed by atoms with E-state index in [4.69, 9.17) is 13.2 Å². The van der Waals surface area contributed by atoms with Crippen molar-refractivity contribution in [3.63, 3.8) is 0 Å². The van der Waals surface area contributed by atoms with Gasteiger partial charge in [0.2, 0.25) is 0 Å². The van der Waals surface area contributed by atoms with Gasteiger partial charge >= 0.3 is 7.60 Å².